The molecule has 0 fully saturated rings. The molecule has 0 aliphatic heterocycles. The Morgan fingerprint density at radius 1 is 0.800 bits per heavy atom. The summed E-state index contributed by atoms with van der Waals surface area (Å²) >= 11 is 0. The highest BCUT2D eigenvalue weighted by atomic mass is 31.1. The summed E-state index contributed by atoms with van der Waals surface area (Å²) in [4.78, 5) is 0. The van der Waals surface area contributed by atoms with E-state index in [1.165, 1.54) is 0 Å². The first-order valence-electron chi connectivity index (χ1n) is 2.63. The highest BCUT2D eigenvalue weighted by Gasteiger charge is 1.91. The van der Waals surface area contributed by atoms with Crippen molar-refractivity contribution in [3.8, 4) is 0 Å². The molecule has 10 heavy (non-hydrogen) atoms. The Labute approximate surface area is 61.7 Å². The Morgan fingerprint density at radius 2 is 1.10 bits per heavy atom. The minimum Gasteiger partial charge on any atom is -0.269 e. The van der Waals surface area contributed by atoms with Crippen LogP contribution in [0.4, 0.5) is 0 Å². The molecule has 0 atom stereocenters. The highest BCUT2D eigenvalue weighted by molar-refractivity contribution is 7.34. The van der Waals surface area contributed by atoms with Gasteiger partial charge in [0.15, 0.2) is 16.9 Å². The number of rotatable bonds is 2. The molecule has 4 heteroatoms. The van der Waals surface area contributed by atoms with E-state index in [1.807, 2.05) is 0 Å². The molecule has 0 N–H and O–H groups in total. The molecule has 0 amide bonds. The third-order valence-corrected chi connectivity index (χ3v) is 2.08. The first-order valence-corrected chi connectivity index (χ1v) is 4.26. The summed E-state index contributed by atoms with van der Waals surface area (Å²) in [5.41, 5.74) is 0. The van der Waals surface area contributed by atoms with Gasteiger partial charge in [0.1, 0.15) is 0 Å². The van der Waals surface area contributed by atoms with Crippen molar-refractivity contribution in [2.45, 2.75) is 0 Å². The normalized spacial score (nSPS) is 10.4. The molecular formula is C6H4O2P2. The molecule has 0 aromatic heterocycles. The van der Waals surface area contributed by atoms with E-state index in [-0.39, 0.29) is 16.9 Å². The third-order valence-electron chi connectivity index (χ3n) is 1.06. The molecule has 0 heterocycles. The van der Waals surface area contributed by atoms with E-state index in [2.05, 4.69) is 0 Å². The topological polar surface area (TPSA) is 34.1 Å². The van der Waals surface area contributed by atoms with Crippen LogP contribution in [0.5, 0.6) is 0 Å². The minimum absolute atomic E-state index is 0.00277. The van der Waals surface area contributed by atoms with E-state index in [4.69, 9.17) is 0 Å². The summed E-state index contributed by atoms with van der Waals surface area (Å²) in [7, 11) is 0.00554. The average Bonchev–Trinajstić information content (AvgIpc) is 2.05. The monoisotopic (exact) mass is 170 g/mol. The van der Waals surface area contributed by atoms with Crippen LogP contribution in [0.15, 0.2) is 24.3 Å². The second kappa shape index (κ2) is 3.55. The molecule has 0 radical (unpaired) electrons. The van der Waals surface area contributed by atoms with Gasteiger partial charge >= 0.3 is 0 Å². The van der Waals surface area contributed by atoms with Crippen molar-refractivity contribution in [1.82, 2.24) is 0 Å². The fourth-order valence-corrected chi connectivity index (χ4v) is 1.12. The van der Waals surface area contributed by atoms with Gasteiger partial charge < -0.3 is 0 Å². The second-order valence-electron chi connectivity index (χ2n) is 1.70. The number of hydrogen-bond donors (Lipinski definition) is 0. The summed E-state index contributed by atoms with van der Waals surface area (Å²) in [6, 6.07) is 6.70. The van der Waals surface area contributed by atoms with Crippen molar-refractivity contribution < 1.29 is 9.13 Å². The fraction of sp³-hybridized carbons (Fsp3) is 0. The minimum atomic E-state index is 0.00277. The first-order chi connectivity index (χ1) is 4.86. The second-order valence-corrected chi connectivity index (χ2v) is 3.10. The summed E-state index contributed by atoms with van der Waals surface area (Å²) in [6.45, 7) is 0. The van der Waals surface area contributed by atoms with E-state index in [0.29, 0.717) is 10.6 Å². The molecule has 0 saturated carbocycles. The predicted molar refractivity (Wildman–Crippen MR) is 40.9 cm³/mol. The van der Waals surface area contributed by atoms with Crippen molar-refractivity contribution in [2.24, 2.45) is 0 Å². The van der Waals surface area contributed by atoms with Gasteiger partial charge in [-0.2, -0.15) is 0 Å². The lowest BCUT2D eigenvalue weighted by molar-refractivity contribution is 0.602. The van der Waals surface area contributed by atoms with Gasteiger partial charge in [-0.3, -0.25) is 9.13 Å². The van der Waals surface area contributed by atoms with Gasteiger partial charge in [0.25, 0.3) is 0 Å². The maximum absolute atomic E-state index is 10.2. The smallest absolute Gasteiger partial charge is 0.192 e. The van der Waals surface area contributed by atoms with Crippen molar-refractivity contribution in [2.75, 3.05) is 0 Å². The molecule has 50 valence electrons. The van der Waals surface area contributed by atoms with Gasteiger partial charge in [-0.05, 0) is 24.3 Å². The van der Waals surface area contributed by atoms with E-state index in [1.54, 1.807) is 24.3 Å². The van der Waals surface area contributed by atoms with Crippen LogP contribution >= 0.6 is 16.9 Å². The number of hydrogen-bond acceptors (Lipinski definition) is 2. The molecule has 1 aromatic carbocycles. The van der Waals surface area contributed by atoms with E-state index >= 15 is 0 Å². The molecule has 2 nitrogen and oxygen atoms in total. The highest BCUT2D eigenvalue weighted by Crippen LogP contribution is 1.97. The first kappa shape index (κ1) is 7.53. The molecule has 1 aromatic rings. The van der Waals surface area contributed by atoms with Crippen LogP contribution in [0.25, 0.3) is 0 Å². The summed E-state index contributed by atoms with van der Waals surface area (Å²) in [6.07, 6.45) is 0. The van der Waals surface area contributed by atoms with Crippen LogP contribution in [0.3, 0.4) is 0 Å². The van der Waals surface area contributed by atoms with Gasteiger partial charge in [-0.15, -0.1) is 0 Å². The molecule has 0 bridgehead atoms. The van der Waals surface area contributed by atoms with Crippen molar-refractivity contribution in [1.29, 1.82) is 0 Å². The Balaban J connectivity index is 3.00. The van der Waals surface area contributed by atoms with Crippen LogP contribution in [0.2, 0.25) is 0 Å². The Bertz CT molecular complexity index is 215. The maximum atomic E-state index is 10.2. The van der Waals surface area contributed by atoms with E-state index in [0.717, 1.165) is 0 Å². The molecule has 0 aliphatic rings. The quantitative estimate of drug-likeness (QED) is 0.630. The molecule has 0 spiro atoms. The lowest BCUT2D eigenvalue weighted by Crippen LogP contribution is -1.96. The lowest BCUT2D eigenvalue weighted by Gasteiger charge is -1.86. The van der Waals surface area contributed by atoms with Crippen LogP contribution < -0.4 is 10.6 Å². The summed E-state index contributed by atoms with van der Waals surface area (Å²) in [5, 5.41) is 1.40. The van der Waals surface area contributed by atoms with Crippen LogP contribution in [-0.4, -0.2) is 0 Å². The SMILES string of the molecule is O=Pc1ccc(P=O)cc1. The third kappa shape index (κ3) is 1.70. The van der Waals surface area contributed by atoms with Crippen molar-refractivity contribution >= 4 is 27.5 Å². The van der Waals surface area contributed by atoms with Crippen LogP contribution in [-0.2, 0) is 9.13 Å². The molecular weight excluding hydrogens is 166 g/mol. The standard InChI is InChI=1S/C6H4O2P2/c7-9-5-1-2-6(10-8)4-3-5/h1-4H. The van der Waals surface area contributed by atoms with Gasteiger partial charge in [-0.25, -0.2) is 0 Å². The van der Waals surface area contributed by atoms with Gasteiger partial charge in [0, 0.05) is 10.6 Å². The van der Waals surface area contributed by atoms with Crippen molar-refractivity contribution in [3.63, 3.8) is 0 Å². The van der Waals surface area contributed by atoms with Crippen LogP contribution in [0.1, 0.15) is 0 Å². The number of benzene rings is 1. The Hall–Kier alpha value is -0.580. The molecule has 0 aliphatic carbocycles. The van der Waals surface area contributed by atoms with E-state index < -0.39 is 0 Å². The largest absolute Gasteiger partial charge is 0.269 e. The Morgan fingerprint density at radius 3 is 1.30 bits per heavy atom. The predicted octanol–water partition coefficient (Wildman–Crippen LogP) is 1.52. The van der Waals surface area contributed by atoms with Gasteiger partial charge in [0.2, 0.25) is 0 Å². The summed E-state index contributed by atoms with van der Waals surface area (Å²) < 4.78 is 20.4. The average molecular weight is 170 g/mol. The summed E-state index contributed by atoms with van der Waals surface area (Å²) in [5.74, 6) is 0. The van der Waals surface area contributed by atoms with E-state index in [9.17, 15) is 9.13 Å². The maximum Gasteiger partial charge on any atom is 0.192 e. The van der Waals surface area contributed by atoms with Gasteiger partial charge in [-0.1, -0.05) is 0 Å². The zero-order valence-electron chi connectivity index (χ0n) is 5.02. The molecule has 0 unspecified atom stereocenters. The van der Waals surface area contributed by atoms with Crippen LogP contribution in [0, 0.1) is 0 Å². The van der Waals surface area contributed by atoms with Crippen molar-refractivity contribution in [3.05, 3.63) is 24.3 Å². The zero-order valence-corrected chi connectivity index (χ0v) is 6.81. The zero-order chi connectivity index (χ0) is 7.40. The Kier molecular flexibility index (Phi) is 2.68. The van der Waals surface area contributed by atoms with Gasteiger partial charge in [0.05, 0.1) is 0 Å². The lowest BCUT2D eigenvalue weighted by atomic mass is 10.4. The molecule has 1 rings (SSSR count). The fourth-order valence-electron chi connectivity index (χ4n) is 0.574. The molecule has 0 saturated heterocycles.